The van der Waals surface area contributed by atoms with Gasteiger partial charge in [0.05, 0.1) is 0 Å². The van der Waals surface area contributed by atoms with Gasteiger partial charge >= 0.3 is 0 Å². The number of fused-ring (bicyclic) bond motifs is 1. The molecule has 0 aromatic carbocycles. The van der Waals surface area contributed by atoms with E-state index in [1.54, 1.807) is 6.07 Å². The molecule has 0 bridgehead atoms. The fourth-order valence-electron chi connectivity index (χ4n) is 2.91. The van der Waals surface area contributed by atoms with Gasteiger partial charge in [0.25, 0.3) is 5.91 Å². The minimum atomic E-state index is -0.163. The van der Waals surface area contributed by atoms with E-state index in [1.165, 1.54) is 0 Å². The predicted octanol–water partition coefficient (Wildman–Crippen LogP) is -0.118. The average molecular weight is 261 g/mol. The molecule has 2 aliphatic heterocycles. The maximum atomic E-state index is 11.6. The van der Waals surface area contributed by atoms with Crippen LogP contribution in [0, 0.1) is 11.8 Å². The van der Waals surface area contributed by atoms with E-state index in [2.05, 4.69) is 25.7 Å². The summed E-state index contributed by atoms with van der Waals surface area (Å²) >= 11 is 0. The standard InChI is InChI=1S/C13H19N5O/c1-2-15-13(19)11-3-4-12(17-16-11)18-7-9-5-14-6-10(9)8-18/h3-4,9-10,14H,2,5-8H2,1H3,(H,15,19)/t9-,10+. The van der Waals surface area contributed by atoms with E-state index in [0.29, 0.717) is 12.2 Å². The van der Waals surface area contributed by atoms with Crippen molar-refractivity contribution in [3.05, 3.63) is 17.8 Å². The molecule has 2 saturated heterocycles. The van der Waals surface area contributed by atoms with Gasteiger partial charge in [0.15, 0.2) is 11.5 Å². The Morgan fingerprint density at radius 2 is 2.11 bits per heavy atom. The lowest BCUT2D eigenvalue weighted by Crippen LogP contribution is -2.27. The van der Waals surface area contributed by atoms with Crippen LogP contribution in [0.5, 0.6) is 0 Å². The molecule has 2 fully saturated rings. The number of nitrogens with one attached hydrogen (secondary N) is 2. The van der Waals surface area contributed by atoms with Crippen LogP contribution in [-0.4, -0.2) is 48.8 Å². The quantitative estimate of drug-likeness (QED) is 0.794. The molecular weight excluding hydrogens is 242 g/mol. The Morgan fingerprint density at radius 1 is 1.37 bits per heavy atom. The van der Waals surface area contributed by atoms with Crippen molar-refractivity contribution >= 4 is 11.7 Å². The van der Waals surface area contributed by atoms with Crippen molar-refractivity contribution in [1.29, 1.82) is 0 Å². The zero-order valence-corrected chi connectivity index (χ0v) is 11.1. The van der Waals surface area contributed by atoms with Crippen LogP contribution in [0.15, 0.2) is 12.1 Å². The Kier molecular flexibility index (Phi) is 3.33. The highest BCUT2D eigenvalue weighted by Gasteiger charge is 2.36. The third kappa shape index (κ3) is 2.40. The van der Waals surface area contributed by atoms with Gasteiger partial charge in [0, 0.05) is 32.7 Å². The Bertz CT molecular complexity index is 449. The molecule has 6 nitrogen and oxygen atoms in total. The first kappa shape index (κ1) is 12.3. The third-order valence-corrected chi connectivity index (χ3v) is 3.93. The van der Waals surface area contributed by atoms with Crippen LogP contribution in [0.3, 0.4) is 0 Å². The van der Waals surface area contributed by atoms with E-state index >= 15 is 0 Å². The van der Waals surface area contributed by atoms with Crippen molar-refractivity contribution in [3.63, 3.8) is 0 Å². The zero-order valence-electron chi connectivity index (χ0n) is 11.1. The molecule has 0 unspecified atom stereocenters. The Morgan fingerprint density at radius 3 is 2.68 bits per heavy atom. The van der Waals surface area contributed by atoms with Crippen molar-refractivity contribution < 1.29 is 4.79 Å². The molecule has 2 aliphatic rings. The fraction of sp³-hybridized carbons (Fsp3) is 0.615. The topological polar surface area (TPSA) is 70.2 Å². The van der Waals surface area contributed by atoms with E-state index in [9.17, 15) is 4.79 Å². The SMILES string of the molecule is CCNC(=O)c1ccc(N2C[C@H]3CNC[C@H]3C2)nn1. The van der Waals surface area contributed by atoms with Gasteiger partial charge in [-0.2, -0.15) is 0 Å². The van der Waals surface area contributed by atoms with Gasteiger partial charge in [0.1, 0.15) is 0 Å². The first-order valence-corrected chi connectivity index (χ1v) is 6.85. The second kappa shape index (κ2) is 5.13. The van der Waals surface area contributed by atoms with Crippen molar-refractivity contribution in [2.24, 2.45) is 11.8 Å². The zero-order chi connectivity index (χ0) is 13.2. The normalized spacial score (nSPS) is 25.4. The Labute approximate surface area is 112 Å². The Hall–Kier alpha value is -1.69. The highest BCUT2D eigenvalue weighted by atomic mass is 16.1. The van der Waals surface area contributed by atoms with Gasteiger partial charge in [-0.15, -0.1) is 10.2 Å². The summed E-state index contributed by atoms with van der Waals surface area (Å²) in [6.07, 6.45) is 0. The summed E-state index contributed by atoms with van der Waals surface area (Å²) in [5.41, 5.74) is 0.381. The summed E-state index contributed by atoms with van der Waals surface area (Å²) in [5.74, 6) is 2.17. The molecular formula is C13H19N5O. The van der Waals surface area contributed by atoms with E-state index < -0.39 is 0 Å². The van der Waals surface area contributed by atoms with Gasteiger partial charge in [-0.05, 0) is 30.9 Å². The van der Waals surface area contributed by atoms with Crippen LogP contribution in [-0.2, 0) is 0 Å². The van der Waals surface area contributed by atoms with E-state index in [1.807, 2.05) is 13.0 Å². The molecule has 0 radical (unpaired) electrons. The van der Waals surface area contributed by atoms with Gasteiger partial charge < -0.3 is 15.5 Å². The van der Waals surface area contributed by atoms with Gasteiger partial charge in [-0.25, -0.2) is 0 Å². The predicted molar refractivity (Wildman–Crippen MR) is 72.1 cm³/mol. The summed E-state index contributed by atoms with van der Waals surface area (Å²) in [6.45, 7) is 6.76. The number of nitrogens with zero attached hydrogens (tertiary/aromatic N) is 3. The third-order valence-electron chi connectivity index (χ3n) is 3.93. The molecule has 102 valence electrons. The number of aromatic nitrogens is 2. The molecule has 3 heterocycles. The number of amides is 1. The number of anilines is 1. The first-order chi connectivity index (χ1) is 9.28. The van der Waals surface area contributed by atoms with Crippen LogP contribution in [0.25, 0.3) is 0 Å². The van der Waals surface area contributed by atoms with Crippen LogP contribution in [0.1, 0.15) is 17.4 Å². The van der Waals surface area contributed by atoms with Gasteiger partial charge in [-0.1, -0.05) is 0 Å². The summed E-state index contributed by atoms with van der Waals surface area (Å²) in [6, 6.07) is 3.64. The largest absolute Gasteiger partial charge is 0.354 e. The number of carbonyl (C=O) groups is 1. The molecule has 6 heteroatoms. The molecule has 0 spiro atoms. The lowest BCUT2D eigenvalue weighted by molar-refractivity contribution is 0.0950. The second-order valence-corrected chi connectivity index (χ2v) is 5.22. The lowest BCUT2D eigenvalue weighted by Gasteiger charge is -2.17. The highest BCUT2D eigenvalue weighted by molar-refractivity contribution is 5.92. The molecule has 3 rings (SSSR count). The molecule has 2 N–H and O–H groups in total. The summed E-state index contributed by atoms with van der Waals surface area (Å²) in [4.78, 5) is 13.9. The van der Waals surface area contributed by atoms with Crippen LogP contribution >= 0.6 is 0 Å². The minimum absolute atomic E-state index is 0.163. The van der Waals surface area contributed by atoms with E-state index in [0.717, 1.165) is 43.8 Å². The maximum absolute atomic E-state index is 11.6. The first-order valence-electron chi connectivity index (χ1n) is 6.85. The average Bonchev–Trinajstić information content (AvgIpc) is 3.00. The van der Waals surface area contributed by atoms with Crippen LogP contribution < -0.4 is 15.5 Å². The minimum Gasteiger partial charge on any atom is -0.354 e. The summed E-state index contributed by atoms with van der Waals surface area (Å²) in [5, 5.41) is 14.3. The second-order valence-electron chi connectivity index (χ2n) is 5.22. The van der Waals surface area contributed by atoms with Crippen molar-refractivity contribution in [2.45, 2.75) is 6.92 Å². The molecule has 1 aromatic heterocycles. The summed E-state index contributed by atoms with van der Waals surface area (Å²) in [7, 11) is 0. The van der Waals surface area contributed by atoms with Crippen molar-refractivity contribution in [3.8, 4) is 0 Å². The van der Waals surface area contributed by atoms with Gasteiger partial charge in [-0.3, -0.25) is 4.79 Å². The van der Waals surface area contributed by atoms with Crippen molar-refractivity contribution in [1.82, 2.24) is 20.8 Å². The molecule has 19 heavy (non-hydrogen) atoms. The lowest BCUT2D eigenvalue weighted by atomic mass is 10.0. The number of carbonyl (C=O) groups excluding carboxylic acids is 1. The van der Waals surface area contributed by atoms with Crippen LogP contribution in [0.2, 0.25) is 0 Å². The van der Waals surface area contributed by atoms with Gasteiger partial charge in [0.2, 0.25) is 0 Å². The number of rotatable bonds is 3. The molecule has 0 saturated carbocycles. The smallest absolute Gasteiger partial charge is 0.271 e. The maximum Gasteiger partial charge on any atom is 0.271 e. The van der Waals surface area contributed by atoms with Crippen molar-refractivity contribution in [2.75, 3.05) is 37.6 Å². The molecule has 2 atom stereocenters. The highest BCUT2D eigenvalue weighted by Crippen LogP contribution is 2.29. The Balaban J connectivity index is 1.68. The monoisotopic (exact) mass is 261 g/mol. The molecule has 1 aromatic rings. The number of hydrogen-bond donors (Lipinski definition) is 2. The molecule has 0 aliphatic carbocycles. The van der Waals surface area contributed by atoms with E-state index in [4.69, 9.17) is 0 Å². The number of hydrogen-bond acceptors (Lipinski definition) is 5. The van der Waals surface area contributed by atoms with E-state index in [-0.39, 0.29) is 5.91 Å². The molecule has 1 amide bonds. The fourth-order valence-corrected chi connectivity index (χ4v) is 2.91. The van der Waals surface area contributed by atoms with Crippen LogP contribution in [0.4, 0.5) is 5.82 Å². The summed E-state index contributed by atoms with van der Waals surface area (Å²) < 4.78 is 0.